The van der Waals surface area contributed by atoms with Crippen LogP contribution in [0.2, 0.25) is 5.02 Å². The zero-order valence-corrected chi connectivity index (χ0v) is 11.1. The van der Waals surface area contributed by atoms with E-state index in [1.54, 1.807) is 12.1 Å². The maximum absolute atomic E-state index is 10.8. The van der Waals surface area contributed by atoms with Crippen molar-refractivity contribution in [2.45, 2.75) is 6.42 Å². The number of aromatic carboxylic acids is 1. The molecule has 0 radical (unpaired) electrons. The van der Waals surface area contributed by atoms with Crippen LogP contribution in [0.25, 0.3) is 0 Å². The molecule has 0 aliphatic carbocycles. The van der Waals surface area contributed by atoms with Crippen molar-refractivity contribution in [1.29, 1.82) is 0 Å². The van der Waals surface area contributed by atoms with Crippen molar-refractivity contribution < 1.29 is 9.90 Å². The maximum atomic E-state index is 10.8. The quantitative estimate of drug-likeness (QED) is 0.881. The Bertz CT molecular complexity index is 451. The Morgan fingerprint density at radius 3 is 2.94 bits per heavy atom. The average Bonchev–Trinajstić information content (AvgIpc) is 2.72. The lowest BCUT2D eigenvalue weighted by Crippen LogP contribution is -2.19. The normalized spacial score (nSPS) is 20.0. The molecule has 1 aliphatic rings. The van der Waals surface area contributed by atoms with Gasteiger partial charge in [0.15, 0.2) is 0 Å². The molecule has 5 heteroatoms. The molecule has 1 unspecified atom stereocenters. The second-order valence-corrected chi connectivity index (χ2v) is 5.20. The number of halogens is 1. The lowest BCUT2D eigenvalue weighted by Gasteiger charge is -2.13. The van der Waals surface area contributed by atoms with Gasteiger partial charge in [0, 0.05) is 18.8 Å². The number of likely N-dealkylation sites (tertiary alicyclic amines) is 1. The van der Waals surface area contributed by atoms with Crippen molar-refractivity contribution in [3.8, 4) is 0 Å². The number of hydrogen-bond acceptors (Lipinski definition) is 3. The number of nitrogens with zero attached hydrogens (tertiary/aromatic N) is 1. The molecule has 1 fully saturated rings. The number of rotatable bonds is 4. The molecular weight excluding hydrogens is 252 g/mol. The van der Waals surface area contributed by atoms with Crippen molar-refractivity contribution in [2.75, 3.05) is 32.0 Å². The van der Waals surface area contributed by atoms with E-state index in [-0.39, 0.29) is 10.6 Å². The molecule has 18 heavy (non-hydrogen) atoms. The third-order valence-electron chi connectivity index (χ3n) is 3.28. The third kappa shape index (κ3) is 3.15. The second kappa shape index (κ2) is 5.59. The summed E-state index contributed by atoms with van der Waals surface area (Å²) in [5, 5.41) is 12.5. The van der Waals surface area contributed by atoms with Gasteiger partial charge in [-0.1, -0.05) is 11.6 Å². The Hall–Kier alpha value is -1.26. The first-order chi connectivity index (χ1) is 8.56. The van der Waals surface area contributed by atoms with Crippen LogP contribution in [0.15, 0.2) is 18.2 Å². The molecule has 0 bridgehead atoms. The van der Waals surface area contributed by atoms with E-state index in [2.05, 4.69) is 17.3 Å². The smallest absolute Gasteiger partial charge is 0.337 e. The summed E-state index contributed by atoms with van der Waals surface area (Å²) in [6.45, 7) is 3.14. The van der Waals surface area contributed by atoms with Crippen LogP contribution in [0.3, 0.4) is 0 Å². The van der Waals surface area contributed by atoms with Crippen LogP contribution in [-0.4, -0.2) is 42.7 Å². The fourth-order valence-corrected chi connectivity index (χ4v) is 2.51. The van der Waals surface area contributed by atoms with Gasteiger partial charge in [-0.15, -0.1) is 0 Å². The number of nitrogens with one attached hydrogen (secondary N) is 1. The summed E-state index contributed by atoms with van der Waals surface area (Å²) in [7, 11) is 2.12. The SMILES string of the molecule is CN1CCC(CNc2ccc(C(=O)O)c(Cl)c2)C1. The molecule has 0 saturated carbocycles. The monoisotopic (exact) mass is 268 g/mol. The second-order valence-electron chi connectivity index (χ2n) is 4.80. The summed E-state index contributed by atoms with van der Waals surface area (Å²) >= 11 is 5.91. The zero-order valence-electron chi connectivity index (χ0n) is 10.3. The van der Waals surface area contributed by atoms with Crippen molar-refractivity contribution in [1.82, 2.24) is 4.90 Å². The van der Waals surface area contributed by atoms with Gasteiger partial charge in [0.1, 0.15) is 0 Å². The van der Waals surface area contributed by atoms with E-state index in [9.17, 15) is 4.79 Å². The molecule has 2 rings (SSSR count). The van der Waals surface area contributed by atoms with Gasteiger partial charge >= 0.3 is 5.97 Å². The number of carboxylic acids is 1. The molecule has 1 aliphatic heterocycles. The highest BCUT2D eigenvalue weighted by Crippen LogP contribution is 2.22. The van der Waals surface area contributed by atoms with Gasteiger partial charge in [-0.3, -0.25) is 0 Å². The van der Waals surface area contributed by atoms with Gasteiger partial charge in [0.2, 0.25) is 0 Å². The van der Waals surface area contributed by atoms with Crippen LogP contribution < -0.4 is 5.32 Å². The first-order valence-corrected chi connectivity index (χ1v) is 6.39. The summed E-state index contributed by atoms with van der Waals surface area (Å²) in [4.78, 5) is 13.1. The molecule has 1 aromatic rings. The Labute approximate surface area is 112 Å². The Morgan fingerprint density at radius 1 is 1.61 bits per heavy atom. The average molecular weight is 269 g/mol. The molecule has 4 nitrogen and oxygen atoms in total. The fourth-order valence-electron chi connectivity index (χ4n) is 2.25. The Balaban J connectivity index is 1.94. The molecule has 1 atom stereocenters. The minimum atomic E-state index is -0.996. The van der Waals surface area contributed by atoms with E-state index in [1.807, 2.05) is 0 Å². The number of carbonyl (C=O) groups is 1. The van der Waals surface area contributed by atoms with Crippen molar-refractivity contribution in [2.24, 2.45) is 5.92 Å². The molecule has 2 N–H and O–H groups in total. The zero-order chi connectivity index (χ0) is 13.1. The minimum absolute atomic E-state index is 0.141. The number of benzene rings is 1. The maximum Gasteiger partial charge on any atom is 0.337 e. The van der Waals surface area contributed by atoms with Crippen LogP contribution in [0.4, 0.5) is 5.69 Å². The minimum Gasteiger partial charge on any atom is -0.478 e. The predicted octanol–water partition coefficient (Wildman–Crippen LogP) is 2.40. The predicted molar refractivity (Wildman–Crippen MR) is 72.5 cm³/mol. The van der Waals surface area contributed by atoms with Crippen LogP contribution in [0, 0.1) is 5.92 Å². The van der Waals surface area contributed by atoms with Crippen LogP contribution >= 0.6 is 11.6 Å². The lowest BCUT2D eigenvalue weighted by molar-refractivity contribution is 0.0697. The highest BCUT2D eigenvalue weighted by Gasteiger charge is 2.19. The molecule has 98 valence electrons. The molecule has 0 aromatic heterocycles. The molecular formula is C13H17ClN2O2. The summed E-state index contributed by atoms with van der Waals surface area (Å²) < 4.78 is 0. The standard InChI is InChI=1S/C13H17ClN2O2/c1-16-5-4-9(8-16)7-15-10-2-3-11(13(17)18)12(14)6-10/h2-3,6,9,15H,4-5,7-8H2,1H3,(H,17,18). The van der Waals surface area contributed by atoms with Gasteiger partial charge in [-0.25, -0.2) is 4.79 Å². The van der Waals surface area contributed by atoms with Gasteiger partial charge < -0.3 is 15.3 Å². The fraction of sp³-hybridized carbons (Fsp3) is 0.462. The van der Waals surface area contributed by atoms with E-state index in [0.29, 0.717) is 5.92 Å². The molecule has 1 saturated heterocycles. The van der Waals surface area contributed by atoms with Crippen LogP contribution in [-0.2, 0) is 0 Å². The summed E-state index contributed by atoms with van der Waals surface area (Å²) in [5.74, 6) is -0.350. The molecule has 0 spiro atoms. The molecule has 0 amide bonds. The first kappa shape index (κ1) is 13.2. The van der Waals surface area contributed by atoms with Gasteiger partial charge in [0.25, 0.3) is 0 Å². The summed E-state index contributed by atoms with van der Waals surface area (Å²) in [6.07, 6.45) is 1.20. The van der Waals surface area contributed by atoms with E-state index in [0.717, 1.165) is 25.3 Å². The Kier molecular flexibility index (Phi) is 4.09. The Morgan fingerprint density at radius 2 is 2.39 bits per heavy atom. The summed E-state index contributed by atoms with van der Waals surface area (Å²) in [5.41, 5.74) is 1.02. The summed E-state index contributed by atoms with van der Waals surface area (Å²) in [6, 6.07) is 4.96. The lowest BCUT2D eigenvalue weighted by atomic mass is 10.1. The van der Waals surface area contributed by atoms with Crippen molar-refractivity contribution >= 4 is 23.3 Å². The van der Waals surface area contributed by atoms with Gasteiger partial charge in [-0.05, 0) is 44.1 Å². The van der Waals surface area contributed by atoms with E-state index < -0.39 is 5.97 Å². The van der Waals surface area contributed by atoms with E-state index >= 15 is 0 Å². The third-order valence-corrected chi connectivity index (χ3v) is 3.60. The molecule has 1 aromatic carbocycles. The highest BCUT2D eigenvalue weighted by atomic mass is 35.5. The topological polar surface area (TPSA) is 52.6 Å². The van der Waals surface area contributed by atoms with Crippen molar-refractivity contribution in [3.63, 3.8) is 0 Å². The number of carboxylic acid groups (broad SMARTS) is 1. The van der Waals surface area contributed by atoms with Crippen molar-refractivity contribution in [3.05, 3.63) is 28.8 Å². The van der Waals surface area contributed by atoms with E-state index in [4.69, 9.17) is 16.7 Å². The first-order valence-electron chi connectivity index (χ1n) is 6.01. The van der Waals surface area contributed by atoms with E-state index in [1.165, 1.54) is 12.5 Å². The molecule has 1 heterocycles. The van der Waals surface area contributed by atoms with Crippen LogP contribution in [0.1, 0.15) is 16.8 Å². The van der Waals surface area contributed by atoms with Gasteiger partial charge in [0.05, 0.1) is 10.6 Å². The van der Waals surface area contributed by atoms with Gasteiger partial charge in [-0.2, -0.15) is 0 Å². The van der Waals surface area contributed by atoms with Crippen LogP contribution in [0.5, 0.6) is 0 Å². The number of anilines is 1. The highest BCUT2D eigenvalue weighted by molar-refractivity contribution is 6.33. The number of hydrogen-bond donors (Lipinski definition) is 2. The largest absolute Gasteiger partial charge is 0.478 e.